The van der Waals surface area contributed by atoms with E-state index in [1.165, 1.54) is 22.0 Å². The summed E-state index contributed by atoms with van der Waals surface area (Å²) in [6, 6.07) is 6.49. The van der Waals surface area contributed by atoms with Gasteiger partial charge >= 0.3 is 0 Å². The summed E-state index contributed by atoms with van der Waals surface area (Å²) in [5.74, 6) is 0.647. The molecule has 0 bridgehead atoms. The first-order valence-electron chi connectivity index (χ1n) is 7.83. The molecule has 0 fully saturated rings. The van der Waals surface area contributed by atoms with Crippen LogP contribution in [0.3, 0.4) is 0 Å². The van der Waals surface area contributed by atoms with Gasteiger partial charge in [0, 0.05) is 36.7 Å². The summed E-state index contributed by atoms with van der Waals surface area (Å²) in [5.41, 5.74) is 9.95. The third-order valence-electron chi connectivity index (χ3n) is 4.01. The van der Waals surface area contributed by atoms with E-state index in [0.717, 1.165) is 32.5 Å². The van der Waals surface area contributed by atoms with Crippen molar-refractivity contribution < 1.29 is 0 Å². The maximum absolute atomic E-state index is 6.00. The molecule has 0 saturated heterocycles. The summed E-state index contributed by atoms with van der Waals surface area (Å²) in [7, 11) is 0. The van der Waals surface area contributed by atoms with E-state index >= 15 is 0 Å². The number of fused-ring (bicyclic) bond motifs is 1. The molecule has 3 N–H and O–H groups in total. The number of aliphatic imine (C=N–C) groups is 1. The second kappa shape index (κ2) is 7.16. The predicted octanol–water partition coefficient (Wildman–Crippen LogP) is 2.93. The van der Waals surface area contributed by atoms with Crippen molar-refractivity contribution in [3.63, 3.8) is 0 Å². The molecule has 0 spiro atoms. The molecule has 2 rings (SSSR count). The lowest BCUT2D eigenvalue weighted by molar-refractivity contribution is 0.458. The van der Waals surface area contributed by atoms with Crippen LogP contribution in [-0.4, -0.2) is 35.5 Å². The Morgan fingerprint density at radius 1 is 1.19 bits per heavy atom. The molecular formula is C17H26N4. The van der Waals surface area contributed by atoms with Gasteiger partial charge in [-0.2, -0.15) is 0 Å². The summed E-state index contributed by atoms with van der Waals surface area (Å²) in [6.07, 6.45) is 4.06. The number of benzene rings is 1. The second-order valence-corrected chi connectivity index (χ2v) is 5.17. The van der Waals surface area contributed by atoms with Gasteiger partial charge < -0.3 is 15.6 Å². The molecule has 114 valence electrons. The fourth-order valence-corrected chi connectivity index (χ4v) is 2.72. The van der Waals surface area contributed by atoms with Crippen molar-refractivity contribution in [1.29, 1.82) is 0 Å². The number of guanidine groups is 1. The maximum atomic E-state index is 6.00. The Balaban J connectivity index is 2.09. The summed E-state index contributed by atoms with van der Waals surface area (Å²) >= 11 is 0. The molecule has 0 amide bonds. The molecule has 0 saturated carbocycles. The Kier molecular flexibility index (Phi) is 5.26. The predicted molar refractivity (Wildman–Crippen MR) is 90.8 cm³/mol. The van der Waals surface area contributed by atoms with Gasteiger partial charge in [-0.1, -0.05) is 25.1 Å². The number of nitrogens with one attached hydrogen (secondary N) is 1. The fraction of sp³-hybridized carbons (Fsp3) is 0.471. The smallest absolute Gasteiger partial charge is 0.191 e. The van der Waals surface area contributed by atoms with Crippen LogP contribution in [0.4, 0.5) is 0 Å². The average molecular weight is 286 g/mol. The van der Waals surface area contributed by atoms with Crippen LogP contribution in [0.15, 0.2) is 29.4 Å². The second-order valence-electron chi connectivity index (χ2n) is 5.17. The first-order valence-corrected chi connectivity index (χ1v) is 7.83. The molecule has 0 atom stereocenters. The van der Waals surface area contributed by atoms with Crippen molar-refractivity contribution in [3.05, 3.63) is 35.5 Å². The monoisotopic (exact) mass is 286 g/mol. The SMILES string of the molecule is CCc1cccc2c(CCN=C(N)N(CC)CC)c[nH]c12. The number of para-hydroxylation sites is 1. The lowest BCUT2D eigenvalue weighted by Crippen LogP contribution is -2.37. The number of rotatable bonds is 6. The lowest BCUT2D eigenvalue weighted by Gasteiger charge is -2.19. The highest BCUT2D eigenvalue weighted by molar-refractivity contribution is 5.86. The normalized spacial score (nSPS) is 12.0. The molecular weight excluding hydrogens is 260 g/mol. The van der Waals surface area contributed by atoms with E-state index in [-0.39, 0.29) is 0 Å². The number of hydrogen-bond acceptors (Lipinski definition) is 1. The van der Waals surface area contributed by atoms with E-state index in [2.05, 4.69) is 60.0 Å². The highest BCUT2D eigenvalue weighted by Gasteiger charge is 2.06. The number of aryl methyl sites for hydroxylation is 1. The summed E-state index contributed by atoms with van der Waals surface area (Å²) in [6.45, 7) is 8.91. The van der Waals surface area contributed by atoms with Crippen LogP contribution in [0.25, 0.3) is 10.9 Å². The molecule has 1 aromatic carbocycles. The largest absolute Gasteiger partial charge is 0.370 e. The first kappa shape index (κ1) is 15.4. The van der Waals surface area contributed by atoms with Crippen molar-refractivity contribution in [1.82, 2.24) is 9.88 Å². The standard InChI is InChI=1S/C17H26N4/c1-4-13-8-7-9-15-14(12-20-16(13)15)10-11-19-17(18)21(5-2)6-3/h7-9,12,20H,4-6,10-11H2,1-3H3,(H2,18,19). The van der Waals surface area contributed by atoms with Gasteiger partial charge in [-0.25, -0.2) is 0 Å². The van der Waals surface area contributed by atoms with E-state index < -0.39 is 0 Å². The van der Waals surface area contributed by atoms with Gasteiger partial charge in [0.15, 0.2) is 5.96 Å². The Labute approximate surface area is 127 Å². The van der Waals surface area contributed by atoms with E-state index in [9.17, 15) is 0 Å². The van der Waals surface area contributed by atoms with Gasteiger partial charge in [0.1, 0.15) is 0 Å². The zero-order valence-corrected chi connectivity index (χ0v) is 13.3. The number of aromatic amines is 1. The van der Waals surface area contributed by atoms with Crippen molar-refractivity contribution in [3.8, 4) is 0 Å². The van der Waals surface area contributed by atoms with Crippen LogP contribution < -0.4 is 5.73 Å². The molecule has 0 radical (unpaired) electrons. The van der Waals surface area contributed by atoms with Crippen molar-refractivity contribution in [2.24, 2.45) is 10.7 Å². The van der Waals surface area contributed by atoms with E-state index in [1.807, 2.05) is 0 Å². The topological polar surface area (TPSA) is 57.4 Å². The molecule has 21 heavy (non-hydrogen) atoms. The summed E-state index contributed by atoms with van der Waals surface area (Å²) in [4.78, 5) is 9.97. The van der Waals surface area contributed by atoms with Gasteiger partial charge in [-0.15, -0.1) is 0 Å². The average Bonchev–Trinajstić information content (AvgIpc) is 2.92. The van der Waals surface area contributed by atoms with Gasteiger partial charge in [0.25, 0.3) is 0 Å². The molecule has 0 unspecified atom stereocenters. The molecule has 2 aromatic rings. The third-order valence-corrected chi connectivity index (χ3v) is 4.01. The van der Waals surface area contributed by atoms with E-state index in [1.54, 1.807) is 0 Å². The van der Waals surface area contributed by atoms with Gasteiger partial charge in [-0.3, -0.25) is 4.99 Å². The summed E-state index contributed by atoms with van der Waals surface area (Å²) < 4.78 is 0. The molecule has 0 aliphatic rings. The Morgan fingerprint density at radius 2 is 1.95 bits per heavy atom. The molecule has 4 heteroatoms. The van der Waals surface area contributed by atoms with Crippen LogP contribution in [0, 0.1) is 0 Å². The maximum Gasteiger partial charge on any atom is 0.191 e. The fourth-order valence-electron chi connectivity index (χ4n) is 2.72. The van der Waals surface area contributed by atoms with Crippen LogP contribution >= 0.6 is 0 Å². The van der Waals surface area contributed by atoms with E-state index in [0.29, 0.717) is 5.96 Å². The number of nitrogens with zero attached hydrogens (tertiary/aromatic N) is 2. The number of nitrogens with two attached hydrogens (primary N) is 1. The molecule has 1 aromatic heterocycles. The Morgan fingerprint density at radius 3 is 2.62 bits per heavy atom. The first-order chi connectivity index (χ1) is 10.2. The van der Waals surface area contributed by atoms with Crippen molar-refractivity contribution in [2.45, 2.75) is 33.6 Å². The molecule has 1 heterocycles. The van der Waals surface area contributed by atoms with Crippen LogP contribution in [0.5, 0.6) is 0 Å². The number of aromatic nitrogens is 1. The van der Waals surface area contributed by atoms with Gasteiger partial charge in [-0.05, 0) is 37.8 Å². The van der Waals surface area contributed by atoms with Crippen LogP contribution in [0.2, 0.25) is 0 Å². The van der Waals surface area contributed by atoms with Crippen molar-refractivity contribution in [2.75, 3.05) is 19.6 Å². The minimum Gasteiger partial charge on any atom is -0.370 e. The quantitative estimate of drug-likeness (QED) is 0.633. The minimum absolute atomic E-state index is 0.647. The third kappa shape index (κ3) is 3.38. The van der Waals surface area contributed by atoms with Gasteiger partial charge in [0.2, 0.25) is 0 Å². The zero-order chi connectivity index (χ0) is 15.2. The number of hydrogen-bond donors (Lipinski definition) is 2. The lowest BCUT2D eigenvalue weighted by atomic mass is 10.1. The molecule has 0 aliphatic heterocycles. The van der Waals surface area contributed by atoms with Gasteiger partial charge in [0.05, 0.1) is 0 Å². The Hall–Kier alpha value is -1.97. The molecule has 0 aliphatic carbocycles. The zero-order valence-electron chi connectivity index (χ0n) is 13.3. The Bertz CT molecular complexity index is 608. The van der Waals surface area contributed by atoms with Crippen molar-refractivity contribution >= 4 is 16.9 Å². The highest BCUT2D eigenvalue weighted by Crippen LogP contribution is 2.22. The highest BCUT2D eigenvalue weighted by atomic mass is 15.2. The van der Waals surface area contributed by atoms with Crippen LogP contribution in [-0.2, 0) is 12.8 Å². The molecule has 4 nitrogen and oxygen atoms in total. The number of H-pyrrole nitrogens is 1. The van der Waals surface area contributed by atoms with Crippen LogP contribution in [0.1, 0.15) is 31.9 Å². The van der Waals surface area contributed by atoms with E-state index in [4.69, 9.17) is 5.73 Å². The summed E-state index contributed by atoms with van der Waals surface area (Å²) in [5, 5.41) is 1.31. The minimum atomic E-state index is 0.647.